The van der Waals surface area contributed by atoms with Gasteiger partial charge in [0.1, 0.15) is 17.6 Å². The summed E-state index contributed by atoms with van der Waals surface area (Å²) in [6.07, 6.45) is 1.19. The van der Waals surface area contributed by atoms with E-state index in [1.807, 2.05) is 42.6 Å². The van der Waals surface area contributed by atoms with E-state index in [2.05, 4.69) is 15.9 Å². The number of halogens is 2. The smallest absolute Gasteiger partial charge is 0.253 e. The van der Waals surface area contributed by atoms with Gasteiger partial charge < -0.3 is 21.1 Å². The molecule has 1 fully saturated rings. The van der Waals surface area contributed by atoms with Crippen molar-refractivity contribution >= 4 is 33.2 Å². The fourth-order valence-corrected chi connectivity index (χ4v) is 4.56. The number of nitrogens with zero attached hydrogens (tertiary/aromatic N) is 3. The zero-order valence-electron chi connectivity index (χ0n) is 19.6. The van der Waals surface area contributed by atoms with Crippen molar-refractivity contribution in [1.82, 2.24) is 14.7 Å². The summed E-state index contributed by atoms with van der Waals surface area (Å²) >= 11 is 3.46. The topological polar surface area (TPSA) is 99.4 Å². The van der Waals surface area contributed by atoms with E-state index in [1.165, 1.54) is 12.1 Å². The van der Waals surface area contributed by atoms with Crippen molar-refractivity contribution in [3.8, 4) is 16.9 Å². The SMILES string of the molecule is C[C@H]1O[C@H](c2cn(-c3ccc(Br)cc3)nc2-c2ccc(F)cc2)N(CCc2ccc(N)c(N)c2)C1=O. The molecule has 1 amide bonds. The first-order valence-corrected chi connectivity index (χ1v) is 12.3. The van der Waals surface area contributed by atoms with E-state index in [9.17, 15) is 9.18 Å². The van der Waals surface area contributed by atoms with Crippen LogP contribution in [-0.2, 0) is 16.0 Å². The molecule has 3 aromatic carbocycles. The van der Waals surface area contributed by atoms with Gasteiger partial charge in [-0.25, -0.2) is 9.07 Å². The Hall–Kier alpha value is -3.69. The highest BCUT2D eigenvalue weighted by Gasteiger charge is 2.40. The first-order chi connectivity index (χ1) is 17.3. The third kappa shape index (κ3) is 4.72. The van der Waals surface area contributed by atoms with Gasteiger partial charge in [0.2, 0.25) is 0 Å². The van der Waals surface area contributed by atoms with Crippen LogP contribution in [0.5, 0.6) is 0 Å². The number of nitrogen functional groups attached to an aromatic ring is 2. The van der Waals surface area contributed by atoms with Gasteiger partial charge in [0.15, 0.2) is 6.23 Å². The second kappa shape index (κ2) is 9.75. The van der Waals surface area contributed by atoms with Crippen molar-refractivity contribution in [1.29, 1.82) is 0 Å². The zero-order valence-corrected chi connectivity index (χ0v) is 21.2. The fraction of sp³-hybridized carbons (Fsp3) is 0.185. The molecule has 0 bridgehead atoms. The Morgan fingerprint density at radius 2 is 1.75 bits per heavy atom. The summed E-state index contributed by atoms with van der Waals surface area (Å²) in [6.45, 7) is 2.16. The highest BCUT2D eigenvalue weighted by molar-refractivity contribution is 9.10. The number of aromatic nitrogens is 2. The maximum absolute atomic E-state index is 13.7. The normalized spacial score (nSPS) is 17.6. The minimum atomic E-state index is -0.650. The van der Waals surface area contributed by atoms with Crippen molar-refractivity contribution in [2.24, 2.45) is 0 Å². The van der Waals surface area contributed by atoms with Crippen LogP contribution in [0.2, 0.25) is 0 Å². The third-order valence-corrected chi connectivity index (χ3v) is 6.79. The first-order valence-electron chi connectivity index (χ1n) is 11.5. The summed E-state index contributed by atoms with van der Waals surface area (Å²) < 4.78 is 22.5. The third-order valence-electron chi connectivity index (χ3n) is 6.26. The predicted octanol–water partition coefficient (Wildman–Crippen LogP) is 5.09. The molecule has 0 saturated carbocycles. The van der Waals surface area contributed by atoms with Crippen LogP contribution in [-0.4, -0.2) is 33.2 Å². The maximum Gasteiger partial charge on any atom is 0.253 e. The standard InChI is InChI=1S/C27H25BrFN5O2/c1-16-26(35)33(13-12-17-2-11-23(30)24(31)14-17)27(36-16)22-15-34(21-9-5-19(28)6-10-21)32-25(22)18-3-7-20(29)8-4-18/h2-11,14-16,27H,12-13,30-31H2,1H3/t16-,27-/m1/s1. The lowest BCUT2D eigenvalue weighted by atomic mass is 10.1. The molecule has 1 aliphatic heterocycles. The number of ether oxygens (including phenoxy) is 1. The Morgan fingerprint density at radius 1 is 1.03 bits per heavy atom. The number of hydrogen-bond donors (Lipinski definition) is 2. The number of hydrogen-bond acceptors (Lipinski definition) is 5. The number of nitrogens with two attached hydrogens (primary N) is 2. The van der Waals surface area contributed by atoms with Gasteiger partial charge in [-0.15, -0.1) is 0 Å². The number of rotatable bonds is 6. The largest absolute Gasteiger partial charge is 0.397 e. The number of carbonyl (C=O) groups excluding carboxylic acids is 1. The number of benzene rings is 3. The molecule has 2 atom stereocenters. The average Bonchev–Trinajstić information content (AvgIpc) is 3.42. The number of amides is 1. The summed E-state index contributed by atoms with van der Waals surface area (Å²) in [5.41, 5.74) is 16.7. The van der Waals surface area contributed by atoms with Gasteiger partial charge in [-0.1, -0.05) is 22.0 Å². The molecule has 5 rings (SSSR count). The van der Waals surface area contributed by atoms with Gasteiger partial charge in [-0.2, -0.15) is 5.10 Å². The van der Waals surface area contributed by atoms with Crippen molar-refractivity contribution in [3.05, 3.63) is 94.3 Å². The first kappa shape index (κ1) is 24.0. The van der Waals surface area contributed by atoms with E-state index in [-0.39, 0.29) is 11.7 Å². The van der Waals surface area contributed by atoms with E-state index in [1.54, 1.807) is 34.7 Å². The lowest BCUT2D eigenvalue weighted by Crippen LogP contribution is -2.32. The molecule has 36 heavy (non-hydrogen) atoms. The second-order valence-corrected chi connectivity index (χ2v) is 9.65. The quantitative estimate of drug-likeness (QED) is 0.326. The molecule has 4 N–H and O–H groups in total. The maximum atomic E-state index is 13.7. The molecule has 9 heteroatoms. The van der Waals surface area contributed by atoms with Crippen LogP contribution in [0.1, 0.15) is 24.3 Å². The van der Waals surface area contributed by atoms with E-state index in [0.717, 1.165) is 26.9 Å². The predicted molar refractivity (Wildman–Crippen MR) is 141 cm³/mol. The Kier molecular flexibility index (Phi) is 6.51. The molecule has 184 valence electrons. The zero-order chi connectivity index (χ0) is 25.4. The van der Waals surface area contributed by atoms with E-state index >= 15 is 0 Å². The summed E-state index contributed by atoms with van der Waals surface area (Å²) in [7, 11) is 0. The van der Waals surface area contributed by atoms with Crippen LogP contribution in [0.15, 0.2) is 77.4 Å². The Balaban J connectivity index is 1.53. The molecule has 0 radical (unpaired) electrons. The van der Waals surface area contributed by atoms with Crippen LogP contribution >= 0.6 is 15.9 Å². The van der Waals surface area contributed by atoms with Crippen LogP contribution in [0.25, 0.3) is 16.9 Å². The molecule has 4 aromatic rings. The fourth-order valence-electron chi connectivity index (χ4n) is 4.30. The highest BCUT2D eigenvalue weighted by Crippen LogP contribution is 2.37. The van der Waals surface area contributed by atoms with Gasteiger partial charge >= 0.3 is 0 Å². The summed E-state index contributed by atoms with van der Waals surface area (Å²) in [6, 6.07) is 19.3. The van der Waals surface area contributed by atoms with Crippen LogP contribution < -0.4 is 11.5 Å². The van der Waals surface area contributed by atoms with Crippen LogP contribution in [0.3, 0.4) is 0 Å². The van der Waals surface area contributed by atoms with Gasteiger partial charge in [0.05, 0.1) is 17.1 Å². The van der Waals surface area contributed by atoms with Gasteiger partial charge in [0, 0.05) is 28.3 Å². The molecular formula is C27H25BrFN5O2. The van der Waals surface area contributed by atoms with Crippen LogP contribution in [0, 0.1) is 5.82 Å². The van der Waals surface area contributed by atoms with Crippen molar-refractivity contribution in [2.45, 2.75) is 25.7 Å². The highest BCUT2D eigenvalue weighted by atomic mass is 79.9. The molecule has 0 unspecified atom stereocenters. The number of anilines is 2. The summed E-state index contributed by atoms with van der Waals surface area (Å²) in [5, 5.41) is 4.81. The summed E-state index contributed by atoms with van der Waals surface area (Å²) in [4.78, 5) is 14.8. The minimum Gasteiger partial charge on any atom is -0.397 e. The molecular weight excluding hydrogens is 525 g/mol. The van der Waals surface area contributed by atoms with Crippen LogP contribution in [0.4, 0.5) is 15.8 Å². The molecule has 0 spiro atoms. The van der Waals surface area contributed by atoms with E-state index < -0.39 is 12.3 Å². The lowest BCUT2D eigenvalue weighted by molar-refractivity contribution is -0.130. The second-order valence-electron chi connectivity index (χ2n) is 8.74. The van der Waals surface area contributed by atoms with Gasteiger partial charge in [-0.05, 0) is 79.6 Å². The molecule has 1 aromatic heterocycles. The number of carbonyl (C=O) groups is 1. The minimum absolute atomic E-state index is 0.107. The Bertz CT molecular complexity index is 1400. The molecule has 0 aliphatic carbocycles. The molecule has 1 saturated heterocycles. The van der Waals surface area contributed by atoms with Gasteiger partial charge in [0.25, 0.3) is 5.91 Å². The van der Waals surface area contributed by atoms with Gasteiger partial charge in [-0.3, -0.25) is 4.79 Å². The monoisotopic (exact) mass is 549 g/mol. The Labute approximate surface area is 216 Å². The van der Waals surface area contributed by atoms with Crippen molar-refractivity contribution < 1.29 is 13.9 Å². The Morgan fingerprint density at radius 3 is 2.44 bits per heavy atom. The van der Waals surface area contributed by atoms with Crippen molar-refractivity contribution in [2.75, 3.05) is 18.0 Å². The van der Waals surface area contributed by atoms with Crippen molar-refractivity contribution in [3.63, 3.8) is 0 Å². The molecule has 1 aliphatic rings. The average molecular weight is 550 g/mol. The van der Waals surface area contributed by atoms with E-state index in [0.29, 0.717) is 30.0 Å². The molecule has 2 heterocycles. The lowest BCUT2D eigenvalue weighted by Gasteiger charge is -2.23. The summed E-state index contributed by atoms with van der Waals surface area (Å²) in [5.74, 6) is -0.442. The molecule has 7 nitrogen and oxygen atoms in total. The van der Waals surface area contributed by atoms with E-state index in [4.69, 9.17) is 21.3 Å².